The zero-order valence-electron chi connectivity index (χ0n) is 15.7. The molecule has 0 heterocycles. The fourth-order valence-corrected chi connectivity index (χ4v) is 3.64. The zero-order valence-corrected chi connectivity index (χ0v) is 15.7. The Balaban J connectivity index is 1.72. The third-order valence-corrected chi connectivity index (χ3v) is 5.21. The van der Waals surface area contributed by atoms with E-state index in [1.54, 1.807) is 24.3 Å². The van der Waals surface area contributed by atoms with E-state index in [0.717, 1.165) is 17.7 Å². The van der Waals surface area contributed by atoms with Crippen LogP contribution >= 0.6 is 0 Å². The highest BCUT2D eigenvalue weighted by molar-refractivity contribution is 5.79. The quantitative estimate of drug-likeness (QED) is 0.710. The zero-order chi connectivity index (χ0) is 21.2. The molecule has 1 aliphatic carbocycles. The maximum atomic E-state index is 12.8. The summed E-state index contributed by atoms with van der Waals surface area (Å²) in [6.07, 6.45) is -6.53. The molecule has 8 heteroatoms. The molecule has 1 amide bonds. The number of rotatable bonds is 5. The van der Waals surface area contributed by atoms with E-state index in [1.165, 1.54) is 19.2 Å². The number of aliphatic hydroxyl groups is 2. The molecule has 3 N–H and O–H groups in total. The Hall–Kier alpha value is -2.58. The lowest BCUT2D eigenvalue weighted by Gasteiger charge is -2.24. The van der Waals surface area contributed by atoms with Gasteiger partial charge >= 0.3 is 6.18 Å². The first-order valence-electron chi connectivity index (χ1n) is 9.14. The number of alkyl halides is 3. The fourth-order valence-electron chi connectivity index (χ4n) is 3.64. The van der Waals surface area contributed by atoms with Gasteiger partial charge in [0.15, 0.2) is 0 Å². The van der Waals surface area contributed by atoms with Gasteiger partial charge < -0.3 is 20.3 Å². The van der Waals surface area contributed by atoms with E-state index >= 15 is 0 Å². The third kappa shape index (κ3) is 4.89. The van der Waals surface area contributed by atoms with E-state index < -0.39 is 35.9 Å². The van der Waals surface area contributed by atoms with Crippen molar-refractivity contribution in [3.05, 3.63) is 65.2 Å². The lowest BCUT2D eigenvalue weighted by Crippen LogP contribution is -2.45. The van der Waals surface area contributed by atoms with Gasteiger partial charge in [-0.1, -0.05) is 24.3 Å². The molecule has 2 aromatic carbocycles. The Morgan fingerprint density at radius 3 is 2.28 bits per heavy atom. The van der Waals surface area contributed by atoms with Crippen LogP contribution in [-0.2, 0) is 17.4 Å². The van der Waals surface area contributed by atoms with Crippen LogP contribution in [0.1, 0.15) is 29.0 Å². The highest BCUT2D eigenvalue weighted by Gasteiger charge is 2.43. The first-order valence-corrected chi connectivity index (χ1v) is 9.14. The molecule has 0 spiro atoms. The molecule has 1 saturated carbocycles. The maximum Gasteiger partial charge on any atom is 0.416 e. The Kier molecular flexibility index (Phi) is 6.14. The minimum absolute atomic E-state index is 0.0586. The monoisotopic (exact) mass is 409 g/mol. The number of amides is 1. The van der Waals surface area contributed by atoms with Crippen LogP contribution < -0.4 is 10.1 Å². The van der Waals surface area contributed by atoms with Crippen molar-refractivity contribution in [3.8, 4) is 5.75 Å². The number of nitrogens with one attached hydrogen (secondary N) is 1. The molecule has 1 fully saturated rings. The Labute approximate surface area is 166 Å². The molecule has 0 saturated heterocycles. The smallest absolute Gasteiger partial charge is 0.416 e. The highest BCUT2D eigenvalue weighted by Crippen LogP contribution is 2.37. The van der Waals surface area contributed by atoms with Gasteiger partial charge in [-0.05, 0) is 41.8 Å². The first kappa shape index (κ1) is 21.1. The Morgan fingerprint density at radius 2 is 1.72 bits per heavy atom. The van der Waals surface area contributed by atoms with Crippen LogP contribution in [0.5, 0.6) is 5.75 Å². The average Bonchev–Trinajstić information content (AvgIpc) is 2.96. The van der Waals surface area contributed by atoms with Crippen molar-refractivity contribution in [1.29, 1.82) is 0 Å². The summed E-state index contributed by atoms with van der Waals surface area (Å²) < 4.78 is 43.4. The van der Waals surface area contributed by atoms with Crippen LogP contribution in [0.15, 0.2) is 48.5 Å². The summed E-state index contributed by atoms with van der Waals surface area (Å²) in [6.45, 7) is 0. The van der Waals surface area contributed by atoms with Crippen LogP contribution in [0.25, 0.3) is 0 Å². The molecule has 0 unspecified atom stereocenters. The van der Waals surface area contributed by atoms with Gasteiger partial charge in [0.1, 0.15) is 11.9 Å². The number of hydrogen-bond donors (Lipinski definition) is 3. The van der Waals surface area contributed by atoms with Gasteiger partial charge in [0.05, 0.1) is 31.2 Å². The number of carbonyl (C=O) groups excluding carboxylic acids is 1. The normalized spacial score (nSPS) is 24.3. The van der Waals surface area contributed by atoms with Crippen LogP contribution in [-0.4, -0.2) is 41.5 Å². The second-order valence-corrected chi connectivity index (χ2v) is 7.14. The summed E-state index contributed by atoms with van der Waals surface area (Å²) in [6, 6.07) is 10.7. The second-order valence-electron chi connectivity index (χ2n) is 7.14. The molecular weight excluding hydrogens is 387 g/mol. The summed E-state index contributed by atoms with van der Waals surface area (Å²) in [5.41, 5.74) is 0.478. The van der Waals surface area contributed by atoms with E-state index in [1.807, 2.05) is 0 Å². The number of carbonyl (C=O) groups is 1. The van der Waals surface area contributed by atoms with Crippen LogP contribution in [0.4, 0.5) is 13.2 Å². The van der Waals surface area contributed by atoms with E-state index in [9.17, 15) is 28.2 Å². The molecule has 156 valence electrons. The molecular formula is C21H22F3NO4. The number of methoxy groups -OCH3 is 1. The van der Waals surface area contributed by atoms with Crippen LogP contribution in [0.3, 0.4) is 0 Å². The largest absolute Gasteiger partial charge is 0.497 e. The van der Waals surface area contributed by atoms with E-state index in [2.05, 4.69) is 5.32 Å². The van der Waals surface area contributed by atoms with Crippen LogP contribution in [0.2, 0.25) is 0 Å². The minimum atomic E-state index is -4.45. The number of halogens is 3. The molecule has 0 aliphatic heterocycles. The lowest BCUT2D eigenvalue weighted by atomic mass is 9.92. The van der Waals surface area contributed by atoms with Crippen molar-refractivity contribution in [3.63, 3.8) is 0 Å². The first-order chi connectivity index (χ1) is 13.7. The van der Waals surface area contributed by atoms with Crippen molar-refractivity contribution in [1.82, 2.24) is 5.32 Å². The Bertz CT molecular complexity index is 836. The maximum absolute atomic E-state index is 12.8. The molecule has 0 radical (unpaired) electrons. The number of aliphatic hydroxyl groups excluding tert-OH is 2. The van der Waals surface area contributed by atoms with Crippen molar-refractivity contribution in [2.75, 3.05) is 7.11 Å². The minimum Gasteiger partial charge on any atom is -0.497 e. The lowest BCUT2D eigenvalue weighted by molar-refractivity contribution is -0.137. The summed E-state index contributed by atoms with van der Waals surface area (Å²) in [7, 11) is 1.54. The van der Waals surface area contributed by atoms with Crippen molar-refractivity contribution < 1.29 is 32.9 Å². The van der Waals surface area contributed by atoms with E-state index in [0.29, 0.717) is 11.3 Å². The van der Waals surface area contributed by atoms with Gasteiger partial charge in [0, 0.05) is 5.92 Å². The highest BCUT2D eigenvalue weighted by atomic mass is 19.4. The summed E-state index contributed by atoms with van der Waals surface area (Å²) in [5, 5.41) is 23.1. The predicted octanol–water partition coefficient (Wildman–Crippen LogP) is 2.65. The number of hydrogen-bond acceptors (Lipinski definition) is 4. The fraction of sp³-hybridized carbons (Fsp3) is 0.381. The molecule has 4 atom stereocenters. The van der Waals surface area contributed by atoms with E-state index in [4.69, 9.17) is 4.74 Å². The molecule has 1 aliphatic rings. The molecule has 0 bridgehead atoms. The van der Waals surface area contributed by atoms with E-state index in [-0.39, 0.29) is 18.7 Å². The molecule has 3 rings (SSSR count). The van der Waals surface area contributed by atoms with Crippen molar-refractivity contribution in [2.45, 2.75) is 43.2 Å². The molecule has 29 heavy (non-hydrogen) atoms. The van der Waals surface area contributed by atoms with Gasteiger partial charge in [0.25, 0.3) is 0 Å². The second kappa shape index (κ2) is 8.42. The standard InChI is InChI=1S/C21H22F3NO4/c1-29-15-8-2-12(3-9-15)10-18(27)25-19-16(11-17(26)20(19)28)13-4-6-14(7-5-13)21(22,23)24/h2-9,16-17,19-20,26,28H,10-11H2,1H3,(H,25,27)/t16-,17-,19-,20-/m1/s1. The molecule has 5 nitrogen and oxygen atoms in total. The predicted molar refractivity (Wildman–Crippen MR) is 99.4 cm³/mol. The molecule has 0 aromatic heterocycles. The van der Waals surface area contributed by atoms with Gasteiger partial charge in [0.2, 0.25) is 5.91 Å². The van der Waals surface area contributed by atoms with Gasteiger partial charge in [-0.15, -0.1) is 0 Å². The SMILES string of the molecule is COc1ccc(CC(=O)N[C@H]2[C@H](O)[C@H](O)C[C@@H]2c2ccc(C(F)(F)F)cc2)cc1. The van der Waals surface area contributed by atoms with Crippen molar-refractivity contribution in [2.24, 2.45) is 0 Å². The number of ether oxygens (including phenoxy) is 1. The van der Waals surface area contributed by atoms with Gasteiger partial charge in [-0.25, -0.2) is 0 Å². The summed E-state index contributed by atoms with van der Waals surface area (Å²) in [5.74, 6) is -0.196. The van der Waals surface area contributed by atoms with Crippen molar-refractivity contribution >= 4 is 5.91 Å². The van der Waals surface area contributed by atoms with Gasteiger partial charge in [-0.2, -0.15) is 13.2 Å². The van der Waals surface area contributed by atoms with Crippen LogP contribution in [0, 0.1) is 0 Å². The summed E-state index contributed by atoms with van der Waals surface area (Å²) >= 11 is 0. The third-order valence-electron chi connectivity index (χ3n) is 5.21. The van der Waals surface area contributed by atoms with Gasteiger partial charge in [-0.3, -0.25) is 4.79 Å². The summed E-state index contributed by atoms with van der Waals surface area (Å²) in [4.78, 5) is 12.5. The topological polar surface area (TPSA) is 78.8 Å². The number of benzene rings is 2. The Morgan fingerprint density at radius 1 is 1.10 bits per heavy atom. The molecule has 2 aromatic rings. The average molecular weight is 409 g/mol.